The Bertz CT molecular complexity index is 7800. The molecule has 0 amide bonds. The van der Waals surface area contributed by atoms with Crippen molar-refractivity contribution in [3.8, 4) is 28.2 Å². The molecule has 0 unspecified atom stereocenters. The van der Waals surface area contributed by atoms with Crippen LogP contribution in [0, 0.1) is 55.4 Å². The van der Waals surface area contributed by atoms with Gasteiger partial charge in [-0.15, -0.1) is 0 Å². The van der Waals surface area contributed by atoms with Crippen LogP contribution in [0.4, 0.5) is 34.1 Å². The minimum atomic E-state index is -3.31. The maximum atomic E-state index is 2.73. The number of rotatable bonds is 14. The Kier molecular flexibility index (Phi) is 18.4. The van der Waals surface area contributed by atoms with Crippen LogP contribution < -0.4 is 67.7 Å². The number of para-hydroxylation sites is 6. The highest BCUT2D eigenvalue weighted by atomic mass is 28.3. The molecule has 3 aromatic heterocycles. The third-order valence-corrected chi connectivity index (χ3v) is 37.2. The molecule has 0 N–H and O–H groups in total. The van der Waals surface area contributed by atoms with E-state index in [1.54, 1.807) is 0 Å². The molecular weight excluding hydrogens is 1580 g/mol. The fourth-order valence-electron chi connectivity index (χ4n) is 22.8. The number of benzene rings is 18. The number of aryl methyl sites for hydroxylation is 8. The molecule has 21 aromatic rings. The van der Waals surface area contributed by atoms with E-state index in [0.29, 0.717) is 0 Å². The molecule has 0 atom stereocenters. The van der Waals surface area contributed by atoms with Crippen molar-refractivity contribution in [2.45, 2.75) is 81.6 Å². The summed E-state index contributed by atoms with van der Waals surface area (Å²) in [6.45, 7) is 25.1. The van der Waals surface area contributed by atoms with E-state index in [2.05, 4.69) is 494 Å². The van der Waals surface area contributed by atoms with Gasteiger partial charge in [0.2, 0.25) is 0 Å². The Morgan fingerprint density at radius 3 is 0.930 bits per heavy atom. The van der Waals surface area contributed by atoms with Gasteiger partial charge in [-0.05, 0) is 232 Å². The standard InChI is InChI=1S/C120H98BN5Si2/c1-77-56-78(2)61-97(60-77)127(93-34-14-12-15-35-93,98-62-79(3)57-80(4)63-98)95-38-30-32-85(68-95)86-52-54-107-115(69-86)123(88-33-31-39-96(73-88)128(94-36-16-13-17-37-94,99-64-81(5)58-82(6)65-99)100-66-83(7)59-84(8)67-100)117-75-92(125-113-50-28-22-44-105(113)106-45-23-29-51-114(106)125)76-118-119(117)121(107)108-55-53-89(122-109-46-24-18-40-101(109)102-41-19-25-47-110(102)122)74-116(108)126(118)91-71-87(120(9,10)11)70-90(72-91)124-111-48-26-20-42-103(111)104-43-21-27-49-112(104)124/h12-76H,1-11H3. The molecule has 0 saturated carbocycles. The van der Waals surface area contributed by atoms with E-state index >= 15 is 0 Å². The average Bonchev–Trinajstić information content (AvgIpc) is 0.870. The Labute approximate surface area is 752 Å². The molecule has 128 heavy (non-hydrogen) atoms. The monoisotopic (exact) mass is 1680 g/mol. The molecule has 8 heteroatoms. The van der Waals surface area contributed by atoms with Crippen LogP contribution in [-0.4, -0.2) is 36.6 Å². The first kappa shape index (κ1) is 78.2. The van der Waals surface area contributed by atoms with Gasteiger partial charge in [-0.3, -0.25) is 0 Å². The normalized spacial score (nSPS) is 12.8. The number of anilines is 6. The van der Waals surface area contributed by atoms with Gasteiger partial charge in [0.25, 0.3) is 6.71 Å². The Morgan fingerprint density at radius 2 is 0.523 bits per heavy atom. The van der Waals surface area contributed by atoms with Gasteiger partial charge in [-0.1, -0.05) is 363 Å². The van der Waals surface area contributed by atoms with Crippen LogP contribution >= 0.6 is 0 Å². The van der Waals surface area contributed by atoms with Crippen molar-refractivity contribution in [3.05, 3.63) is 444 Å². The van der Waals surface area contributed by atoms with Crippen LogP contribution in [-0.2, 0) is 5.41 Å². The Morgan fingerprint density at radius 1 is 0.211 bits per heavy atom. The van der Waals surface area contributed by atoms with Gasteiger partial charge < -0.3 is 23.5 Å². The summed E-state index contributed by atoms with van der Waals surface area (Å²) in [5, 5.41) is 18.1. The first-order valence-electron chi connectivity index (χ1n) is 45.2. The lowest BCUT2D eigenvalue weighted by molar-refractivity contribution is 0.590. The van der Waals surface area contributed by atoms with E-state index < -0.39 is 16.1 Å². The zero-order valence-corrected chi connectivity index (χ0v) is 76.3. The number of nitrogens with zero attached hydrogens (tertiary/aromatic N) is 5. The van der Waals surface area contributed by atoms with Crippen molar-refractivity contribution in [2.75, 3.05) is 9.80 Å². The summed E-state index contributed by atoms with van der Waals surface area (Å²) in [5.41, 5.74) is 33.8. The van der Waals surface area contributed by atoms with Crippen LogP contribution in [0.2, 0.25) is 0 Å². The molecule has 0 fully saturated rings. The van der Waals surface area contributed by atoms with Crippen molar-refractivity contribution >= 4 is 180 Å². The maximum absolute atomic E-state index is 3.31. The van der Waals surface area contributed by atoms with Crippen LogP contribution in [0.1, 0.15) is 70.8 Å². The van der Waals surface area contributed by atoms with E-state index in [-0.39, 0.29) is 12.1 Å². The van der Waals surface area contributed by atoms with E-state index in [1.807, 2.05) is 0 Å². The van der Waals surface area contributed by atoms with Gasteiger partial charge in [-0.2, -0.15) is 0 Å². The lowest BCUT2D eigenvalue weighted by Gasteiger charge is -2.45. The zero-order chi connectivity index (χ0) is 86.8. The molecule has 0 radical (unpaired) electrons. The summed E-state index contributed by atoms with van der Waals surface area (Å²) in [6, 6.07) is 154. The predicted octanol–water partition coefficient (Wildman–Crippen LogP) is 23.2. The fourth-order valence-corrected chi connectivity index (χ4v) is 33.2. The SMILES string of the molecule is Cc1cc(C)cc([Si](c2ccccc2)(c2cc(C)cc(C)c2)c2cccc(-c3ccc4c(c3)N(c3cccc([Si](c5ccccc5)(c5cc(C)cc(C)c5)c5cc(C)cc(C)c5)c3)c3cc(-n5c6ccccc6c6ccccc65)cc5c3B4c3ccc(-n4c6ccccc6c6ccccc64)cc3N5c3cc(-n4c5ccccc5c5ccccc54)cc(C(C)(C)C)c3)c2)c1. The second kappa shape index (κ2) is 30.1. The molecule has 5 heterocycles. The largest absolute Gasteiger partial charge is 0.311 e. The first-order chi connectivity index (χ1) is 62.3. The average molecular weight is 1680 g/mol. The minimum Gasteiger partial charge on any atom is -0.311 e. The highest BCUT2D eigenvalue weighted by Crippen LogP contribution is 2.50. The zero-order valence-electron chi connectivity index (χ0n) is 74.3. The summed E-state index contributed by atoms with van der Waals surface area (Å²) < 4.78 is 7.61. The smallest absolute Gasteiger partial charge is 0.252 e. The number of hydrogen-bond acceptors (Lipinski definition) is 2. The topological polar surface area (TPSA) is 21.3 Å². The van der Waals surface area contributed by atoms with Crippen LogP contribution in [0.25, 0.3) is 93.6 Å². The van der Waals surface area contributed by atoms with Gasteiger partial charge in [0.15, 0.2) is 16.1 Å². The van der Waals surface area contributed by atoms with Crippen LogP contribution in [0.3, 0.4) is 0 Å². The summed E-state index contributed by atoms with van der Waals surface area (Å²) in [7, 11) is -6.46. The number of aromatic nitrogens is 3. The quantitative estimate of drug-likeness (QED) is 0.0799. The van der Waals surface area contributed by atoms with Crippen molar-refractivity contribution in [2.24, 2.45) is 0 Å². The predicted molar refractivity (Wildman–Crippen MR) is 553 cm³/mol. The molecule has 5 nitrogen and oxygen atoms in total. The lowest BCUT2D eigenvalue weighted by Crippen LogP contribution is -2.75. The molecule has 23 rings (SSSR count). The van der Waals surface area contributed by atoms with Crippen molar-refractivity contribution in [1.29, 1.82) is 0 Å². The van der Waals surface area contributed by atoms with Gasteiger partial charge in [0.05, 0.1) is 38.8 Å². The highest BCUT2D eigenvalue weighted by molar-refractivity contribution is 7.20. The highest BCUT2D eigenvalue weighted by Gasteiger charge is 2.48. The molecule has 0 aliphatic carbocycles. The summed E-state index contributed by atoms with van der Waals surface area (Å²) in [6.07, 6.45) is 0. The number of hydrogen-bond donors (Lipinski definition) is 0. The maximum Gasteiger partial charge on any atom is 0.252 e. The Balaban J connectivity index is 0.868. The van der Waals surface area contributed by atoms with E-state index in [0.717, 1.165) is 84.4 Å². The van der Waals surface area contributed by atoms with Gasteiger partial charge in [0, 0.05) is 77.8 Å². The summed E-state index contributed by atoms with van der Waals surface area (Å²) in [4.78, 5) is 5.43. The summed E-state index contributed by atoms with van der Waals surface area (Å²) >= 11 is 0. The van der Waals surface area contributed by atoms with E-state index in [9.17, 15) is 0 Å². The molecule has 0 bridgehead atoms. The van der Waals surface area contributed by atoms with Gasteiger partial charge in [0.1, 0.15) is 0 Å². The first-order valence-corrected chi connectivity index (χ1v) is 49.2. The van der Waals surface area contributed by atoms with Gasteiger partial charge >= 0.3 is 0 Å². The number of fused-ring (bicyclic) bond motifs is 13. The molecule has 2 aliphatic heterocycles. The lowest BCUT2D eigenvalue weighted by atomic mass is 9.33. The second-order valence-corrected chi connectivity index (χ2v) is 45.1. The third kappa shape index (κ3) is 12.4. The van der Waals surface area contributed by atoms with Crippen molar-refractivity contribution in [1.82, 2.24) is 13.7 Å². The summed E-state index contributed by atoms with van der Waals surface area (Å²) in [5.74, 6) is 0. The fraction of sp³-hybridized carbons (Fsp3) is 0.100. The molecular formula is C120H98BN5Si2. The minimum absolute atomic E-state index is 0.293. The molecule has 0 spiro atoms. The Hall–Kier alpha value is -14.5. The van der Waals surface area contributed by atoms with E-state index in [1.165, 1.54) is 151 Å². The van der Waals surface area contributed by atoms with E-state index in [4.69, 9.17) is 0 Å². The molecule has 614 valence electrons. The van der Waals surface area contributed by atoms with Crippen LogP contribution in [0.15, 0.2) is 394 Å². The molecule has 0 saturated heterocycles. The second-order valence-electron chi connectivity index (χ2n) is 37.5. The van der Waals surface area contributed by atoms with Crippen molar-refractivity contribution in [3.63, 3.8) is 0 Å². The molecule has 2 aliphatic rings. The van der Waals surface area contributed by atoms with Crippen LogP contribution in [0.5, 0.6) is 0 Å². The third-order valence-electron chi connectivity index (χ3n) is 27.8. The van der Waals surface area contributed by atoms with Gasteiger partial charge in [-0.25, -0.2) is 0 Å². The van der Waals surface area contributed by atoms with Crippen molar-refractivity contribution < 1.29 is 0 Å². The molecule has 18 aromatic carbocycles.